The van der Waals surface area contributed by atoms with E-state index in [2.05, 4.69) is 0 Å². The third-order valence-electron chi connectivity index (χ3n) is 1.76. The van der Waals surface area contributed by atoms with E-state index in [1.807, 2.05) is 20.8 Å². The summed E-state index contributed by atoms with van der Waals surface area (Å²) in [5.74, 6) is -0.521. The SMILES string of the molecule is C[C@H]1OC(C)(C)O[C@@H]1CC=O. The van der Waals surface area contributed by atoms with Crippen LogP contribution >= 0.6 is 0 Å². The molecule has 1 heterocycles. The van der Waals surface area contributed by atoms with E-state index >= 15 is 0 Å². The summed E-state index contributed by atoms with van der Waals surface area (Å²) in [4.78, 5) is 10.2. The van der Waals surface area contributed by atoms with Crippen LogP contribution < -0.4 is 0 Å². The van der Waals surface area contributed by atoms with Crippen LogP contribution in [0.15, 0.2) is 0 Å². The summed E-state index contributed by atoms with van der Waals surface area (Å²) in [6.45, 7) is 5.63. The Morgan fingerprint density at radius 1 is 1.45 bits per heavy atom. The molecule has 1 saturated heterocycles. The van der Waals surface area contributed by atoms with Crippen molar-refractivity contribution in [2.75, 3.05) is 0 Å². The molecule has 3 heteroatoms. The number of carbonyl (C=O) groups is 1. The molecule has 1 fully saturated rings. The molecular weight excluding hydrogens is 144 g/mol. The van der Waals surface area contributed by atoms with E-state index in [0.29, 0.717) is 6.42 Å². The largest absolute Gasteiger partial charge is 0.345 e. The van der Waals surface area contributed by atoms with Gasteiger partial charge < -0.3 is 14.3 Å². The molecule has 1 aliphatic heterocycles. The number of rotatable bonds is 2. The molecule has 0 amide bonds. The van der Waals surface area contributed by atoms with Gasteiger partial charge in [0.15, 0.2) is 5.79 Å². The predicted molar refractivity (Wildman–Crippen MR) is 40.2 cm³/mol. The van der Waals surface area contributed by atoms with Crippen LogP contribution in [0.4, 0.5) is 0 Å². The lowest BCUT2D eigenvalue weighted by Crippen LogP contribution is -2.21. The molecule has 0 aromatic carbocycles. The molecule has 0 aliphatic carbocycles. The van der Waals surface area contributed by atoms with Crippen molar-refractivity contribution in [3.05, 3.63) is 0 Å². The van der Waals surface area contributed by atoms with Gasteiger partial charge in [0.05, 0.1) is 12.2 Å². The highest BCUT2D eigenvalue weighted by Gasteiger charge is 2.37. The summed E-state index contributed by atoms with van der Waals surface area (Å²) in [5, 5.41) is 0. The summed E-state index contributed by atoms with van der Waals surface area (Å²) in [6.07, 6.45) is 1.24. The Hall–Kier alpha value is -0.410. The van der Waals surface area contributed by atoms with Gasteiger partial charge in [0.2, 0.25) is 0 Å². The minimum absolute atomic E-state index is 0.0233. The van der Waals surface area contributed by atoms with Gasteiger partial charge in [0.1, 0.15) is 6.29 Å². The minimum Gasteiger partial charge on any atom is -0.345 e. The first-order chi connectivity index (χ1) is 5.05. The first-order valence-electron chi connectivity index (χ1n) is 3.84. The van der Waals surface area contributed by atoms with Gasteiger partial charge in [-0.2, -0.15) is 0 Å². The van der Waals surface area contributed by atoms with Gasteiger partial charge in [-0.25, -0.2) is 0 Å². The Morgan fingerprint density at radius 2 is 2.09 bits per heavy atom. The summed E-state index contributed by atoms with van der Waals surface area (Å²) < 4.78 is 10.9. The molecule has 0 unspecified atom stereocenters. The fourth-order valence-electron chi connectivity index (χ4n) is 1.35. The quantitative estimate of drug-likeness (QED) is 0.565. The smallest absolute Gasteiger partial charge is 0.163 e. The second-order valence-electron chi connectivity index (χ2n) is 3.28. The Morgan fingerprint density at radius 3 is 2.45 bits per heavy atom. The third-order valence-corrected chi connectivity index (χ3v) is 1.76. The molecule has 1 rings (SSSR count). The molecule has 0 saturated carbocycles. The van der Waals surface area contributed by atoms with Crippen LogP contribution in [-0.4, -0.2) is 24.3 Å². The second kappa shape index (κ2) is 2.91. The molecule has 64 valence electrons. The van der Waals surface area contributed by atoms with Crippen molar-refractivity contribution < 1.29 is 14.3 Å². The van der Waals surface area contributed by atoms with Crippen molar-refractivity contribution in [2.24, 2.45) is 0 Å². The Balaban J connectivity index is 2.51. The first-order valence-corrected chi connectivity index (χ1v) is 3.84. The van der Waals surface area contributed by atoms with Crippen molar-refractivity contribution in [3.63, 3.8) is 0 Å². The third kappa shape index (κ3) is 2.01. The van der Waals surface area contributed by atoms with Gasteiger partial charge in [-0.05, 0) is 20.8 Å². The van der Waals surface area contributed by atoms with Crippen LogP contribution in [0.5, 0.6) is 0 Å². The summed E-state index contributed by atoms with van der Waals surface area (Å²) >= 11 is 0. The monoisotopic (exact) mass is 158 g/mol. The normalized spacial score (nSPS) is 35.5. The fourth-order valence-corrected chi connectivity index (χ4v) is 1.35. The molecule has 0 N–H and O–H groups in total. The Kier molecular flexibility index (Phi) is 2.30. The van der Waals surface area contributed by atoms with Gasteiger partial charge in [-0.3, -0.25) is 0 Å². The van der Waals surface area contributed by atoms with Crippen LogP contribution in [0.3, 0.4) is 0 Å². The number of carbonyl (C=O) groups excluding carboxylic acids is 1. The second-order valence-corrected chi connectivity index (χ2v) is 3.28. The van der Waals surface area contributed by atoms with E-state index < -0.39 is 5.79 Å². The number of hydrogen-bond acceptors (Lipinski definition) is 3. The maximum Gasteiger partial charge on any atom is 0.163 e. The highest BCUT2D eigenvalue weighted by atomic mass is 16.7. The van der Waals surface area contributed by atoms with Crippen LogP contribution in [0.2, 0.25) is 0 Å². The molecule has 1 aliphatic rings. The van der Waals surface area contributed by atoms with E-state index in [1.54, 1.807) is 0 Å². The molecule has 2 atom stereocenters. The predicted octanol–water partition coefficient (Wildman–Crippen LogP) is 1.12. The molecular formula is C8H14O3. The molecule has 0 aromatic rings. The lowest BCUT2D eigenvalue weighted by Gasteiger charge is -2.16. The standard InChI is InChI=1S/C8H14O3/c1-6-7(4-5-9)11-8(2,3)10-6/h5-7H,4H2,1-3H3/t6-,7-/m1/s1. The average molecular weight is 158 g/mol. The molecule has 0 radical (unpaired) electrons. The zero-order valence-corrected chi connectivity index (χ0v) is 7.16. The van der Waals surface area contributed by atoms with Crippen molar-refractivity contribution in [1.82, 2.24) is 0 Å². The Bertz CT molecular complexity index is 153. The lowest BCUT2D eigenvalue weighted by atomic mass is 10.2. The van der Waals surface area contributed by atoms with Crippen LogP contribution in [-0.2, 0) is 14.3 Å². The van der Waals surface area contributed by atoms with Crippen molar-refractivity contribution in [1.29, 1.82) is 0 Å². The summed E-state index contributed by atoms with van der Waals surface area (Å²) in [7, 11) is 0. The van der Waals surface area contributed by atoms with Crippen molar-refractivity contribution in [2.45, 2.75) is 45.2 Å². The number of aldehydes is 1. The molecule has 3 nitrogen and oxygen atoms in total. The maximum absolute atomic E-state index is 10.2. The van der Waals surface area contributed by atoms with E-state index in [0.717, 1.165) is 6.29 Å². The average Bonchev–Trinajstić information content (AvgIpc) is 2.07. The highest BCUT2D eigenvalue weighted by Crippen LogP contribution is 2.28. The van der Waals surface area contributed by atoms with Crippen molar-refractivity contribution >= 4 is 6.29 Å². The fraction of sp³-hybridized carbons (Fsp3) is 0.875. The lowest BCUT2D eigenvalue weighted by molar-refractivity contribution is -0.145. The molecule has 11 heavy (non-hydrogen) atoms. The van der Waals surface area contributed by atoms with E-state index in [4.69, 9.17) is 9.47 Å². The van der Waals surface area contributed by atoms with Crippen LogP contribution in [0, 0.1) is 0 Å². The maximum atomic E-state index is 10.2. The Labute approximate surface area is 66.7 Å². The molecule has 0 spiro atoms. The highest BCUT2D eigenvalue weighted by molar-refractivity contribution is 5.50. The van der Waals surface area contributed by atoms with Crippen LogP contribution in [0.1, 0.15) is 27.2 Å². The number of hydrogen-bond donors (Lipinski definition) is 0. The molecule has 0 bridgehead atoms. The van der Waals surface area contributed by atoms with Gasteiger partial charge in [-0.15, -0.1) is 0 Å². The minimum atomic E-state index is -0.521. The van der Waals surface area contributed by atoms with Crippen LogP contribution in [0.25, 0.3) is 0 Å². The van der Waals surface area contributed by atoms with E-state index in [1.165, 1.54) is 0 Å². The van der Waals surface area contributed by atoms with Gasteiger partial charge in [0, 0.05) is 6.42 Å². The van der Waals surface area contributed by atoms with E-state index in [9.17, 15) is 4.79 Å². The summed E-state index contributed by atoms with van der Waals surface area (Å²) in [6, 6.07) is 0. The topological polar surface area (TPSA) is 35.5 Å². The van der Waals surface area contributed by atoms with Gasteiger partial charge in [-0.1, -0.05) is 0 Å². The van der Waals surface area contributed by atoms with Gasteiger partial charge >= 0.3 is 0 Å². The number of ether oxygens (including phenoxy) is 2. The van der Waals surface area contributed by atoms with E-state index in [-0.39, 0.29) is 12.2 Å². The zero-order valence-electron chi connectivity index (χ0n) is 7.16. The van der Waals surface area contributed by atoms with Crippen molar-refractivity contribution in [3.8, 4) is 0 Å². The molecule has 0 aromatic heterocycles. The zero-order chi connectivity index (χ0) is 8.48. The van der Waals surface area contributed by atoms with Gasteiger partial charge in [0.25, 0.3) is 0 Å². The summed E-state index contributed by atoms with van der Waals surface area (Å²) in [5.41, 5.74) is 0. The first kappa shape index (κ1) is 8.68.